The summed E-state index contributed by atoms with van der Waals surface area (Å²) in [6.07, 6.45) is 4.42. The molecule has 3 heteroatoms. The fourth-order valence-corrected chi connectivity index (χ4v) is 3.25. The standard InChI is InChI=1S/C19H22N2S/c1-2-3-14-20-19(22)21-17-10-6-4-8-15(17)12-13-16-9-5-7-11-18(16)21/h4-11H,2-3,12-14H2,1H3,(H,20,22). The third kappa shape index (κ3) is 3.00. The number of rotatable bonds is 3. The van der Waals surface area contributed by atoms with Gasteiger partial charge in [-0.25, -0.2) is 0 Å². The Morgan fingerprint density at radius 1 is 1.00 bits per heavy atom. The van der Waals surface area contributed by atoms with E-state index in [1.165, 1.54) is 28.9 Å². The van der Waals surface area contributed by atoms with Crippen molar-refractivity contribution in [3.05, 3.63) is 59.7 Å². The number of hydrogen-bond donors (Lipinski definition) is 1. The molecule has 0 radical (unpaired) electrons. The van der Waals surface area contributed by atoms with E-state index in [4.69, 9.17) is 12.2 Å². The summed E-state index contributed by atoms with van der Waals surface area (Å²) in [5.41, 5.74) is 5.14. The number of nitrogens with zero attached hydrogens (tertiary/aromatic N) is 1. The van der Waals surface area contributed by atoms with Gasteiger partial charge in [-0.2, -0.15) is 0 Å². The van der Waals surface area contributed by atoms with Crippen LogP contribution in [0, 0.1) is 0 Å². The Morgan fingerprint density at radius 2 is 1.55 bits per heavy atom. The van der Waals surface area contributed by atoms with Gasteiger partial charge in [-0.15, -0.1) is 0 Å². The summed E-state index contributed by atoms with van der Waals surface area (Å²) in [5.74, 6) is 0. The zero-order valence-corrected chi connectivity index (χ0v) is 13.8. The Bertz CT molecular complexity index is 618. The van der Waals surface area contributed by atoms with Gasteiger partial charge in [0, 0.05) is 6.54 Å². The molecule has 2 aromatic carbocycles. The molecule has 2 nitrogen and oxygen atoms in total. The average molecular weight is 310 g/mol. The van der Waals surface area contributed by atoms with E-state index in [1.807, 2.05) is 0 Å². The highest BCUT2D eigenvalue weighted by Gasteiger charge is 2.22. The zero-order valence-electron chi connectivity index (χ0n) is 13.0. The summed E-state index contributed by atoms with van der Waals surface area (Å²) < 4.78 is 0. The van der Waals surface area contributed by atoms with Crippen molar-refractivity contribution in [2.75, 3.05) is 11.4 Å². The first kappa shape index (κ1) is 15.0. The smallest absolute Gasteiger partial charge is 0.178 e. The van der Waals surface area contributed by atoms with E-state index in [0.29, 0.717) is 0 Å². The average Bonchev–Trinajstić information content (AvgIpc) is 2.72. The molecule has 114 valence electrons. The third-order valence-electron chi connectivity index (χ3n) is 4.14. The first-order valence-corrected chi connectivity index (χ1v) is 8.46. The maximum absolute atomic E-state index is 5.71. The Balaban J connectivity index is 2.00. The summed E-state index contributed by atoms with van der Waals surface area (Å²) in [6.45, 7) is 3.12. The van der Waals surface area contributed by atoms with Gasteiger partial charge in [0.25, 0.3) is 0 Å². The SMILES string of the molecule is CCCCNC(=S)N1c2ccccc2CCc2ccccc21. The lowest BCUT2D eigenvalue weighted by Crippen LogP contribution is -2.37. The maximum atomic E-state index is 5.71. The molecule has 0 aliphatic carbocycles. The molecule has 0 atom stereocenters. The number of fused-ring (bicyclic) bond motifs is 2. The van der Waals surface area contributed by atoms with E-state index in [2.05, 4.69) is 65.7 Å². The lowest BCUT2D eigenvalue weighted by atomic mass is 10.0. The molecule has 0 saturated heterocycles. The van der Waals surface area contributed by atoms with E-state index in [0.717, 1.165) is 30.9 Å². The number of aryl methyl sites for hydroxylation is 2. The van der Waals surface area contributed by atoms with E-state index in [1.54, 1.807) is 0 Å². The van der Waals surface area contributed by atoms with Gasteiger partial charge in [0.05, 0.1) is 11.4 Å². The maximum Gasteiger partial charge on any atom is 0.178 e. The molecule has 1 aliphatic rings. The molecule has 0 spiro atoms. The fraction of sp³-hybridized carbons (Fsp3) is 0.316. The Hall–Kier alpha value is -1.87. The summed E-state index contributed by atoms with van der Waals surface area (Å²) in [4.78, 5) is 2.21. The van der Waals surface area contributed by atoms with Crippen LogP contribution in [0.25, 0.3) is 0 Å². The molecule has 0 aromatic heterocycles. The second kappa shape index (κ2) is 6.93. The molecule has 0 unspecified atom stereocenters. The van der Waals surface area contributed by atoms with Crippen LogP contribution in [0.15, 0.2) is 48.5 Å². The molecule has 0 bridgehead atoms. The van der Waals surface area contributed by atoms with E-state index >= 15 is 0 Å². The van der Waals surface area contributed by atoms with Crippen molar-refractivity contribution >= 4 is 28.7 Å². The van der Waals surface area contributed by atoms with Gasteiger partial charge in [0.2, 0.25) is 0 Å². The Labute approximate surface area is 138 Å². The molecule has 1 N–H and O–H groups in total. The van der Waals surface area contributed by atoms with Gasteiger partial charge in [0.1, 0.15) is 0 Å². The second-order valence-corrected chi connectivity index (χ2v) is 6.07. The normalized spacial score (nSPS) is 13.0. The summed E-state index contributed by atoms with van der Waals surface area (Å²) in [5, 5.41) is 4.22. The predicted molar refractivity (Wildman–Crippen MR) is 97.9 cm³/mol. The summed E-state index contributed by atoms with van der Waals surface area (Å²) in [7, 11) is 0. The van der Waals surface area contributed by atoms with E-state index in [9.17, 15) is 0 Å². The number of thiocarbonyl (C=S) groups is 1. The topological polar surface area (TPSA) is 15.3 Å². The number of para-hydroxylation sites is 2. The molecule has 0 fully saturated rings. The number of anilines is 2. The van der Waals surface area contributed by atoms with Crippen LogP contribution >= 0.6 is 12.2 Å². The zero-order chi connectivity index (χ0) is 15.4. The van der Waals surface area contributed by atoms with Crippen molar-refractivity contribution in [1.29, 1.82) is 0 Å². The van der Waals surface area contributed by atoms with Crippen LogP contribution < -0.4 is 10.2 Å². The number of unbranched alkanes of at least 4 members (excludes halogenated alkanes) is 1. The molecule has 1 heterocycles. The number of hydrogen-bond acceptors (Lipinski definition) is 1. The van der Waals surface area contributed by atoms with Crippen molar-refractivity contribution in [2.45, 2.75) is 32.6 Å². The monoisotopic (exact) mass is 310 g/mol. The summed E-state index contributed by atoms with van der Waals surface area (Å²) in [6, 6.07) is 17.2. The lowest BCUT2D eigenvalue weighted by Gasteiger charge is -2.27. The first-order valence-electron chi connectivity index (χ1n) is 8.05. The highest BCUT2D eigenvalue weighted by Crippen LogP contribution is 2.35. The van der Waals surface area contributed by atoms with Gasteiger partial charge in [0.15, 0.2) is 5.11 Å². The highest BCUT2D eigenvalue weighted by molar-refractivity contribution is 7.80. The Kier molecular flexibility index (Phi) is 4.74. The van der Waals surface area contributed by atoms with E-state index < -0.39 is 0 Å². The minimum Gasteiger partial charge on any atom is -0.362 e. The largest absolute Gasteiger partial charge is 0.362 e. The first-order chi connectivity index (χ1) is 10.8. The van der Waals surface area contributed by atoms with Gasteiger partial charge in [-0.05, 0) is 54.7 Å². The van der Waals surface area contributed by atoms with Crippen molar-refractivity contribution in [3.8, 4) is 0 Å². The van der Waals surface area contributed by atoms with Gasteiger partial charge in [-0.3, -0.25) is 4.90 Å². The van der Waals surface area contributed by atoms with Crippen LogP contribution in [0.4, 0.5) is 11.4 Å². The fourth-order valence-electron chi connectivity index (χ4n) is 2.95. The van der Waals surface area contributed by atoms with E-state index in [-0.39, 0.29) is 0 Å². The minimum atomic E-state index is 0.801. The molecule has 1 aliphatic heterocycles. The lowest BCUT2D eigenvalue weighted by molar-refractivity contribution is 0.755. The number of benzene rings is 2. The molecule has 0 saturated carbocycles. The van der Waals surface area contributed by atoms with Crippen LogP contribution in [-0.2, 0) is 12.8 Å². The molecule has 22 heavy (non-hydrogen) atoms. The van der Waals surface area contributed by atoms with Crippen molar-refractivity contribution < 1.29 is 0 Å². The van der Waals surface area contributed by atoms with Crippen LogP contribution in [0.3, 0.4) is 0 Å². The minimum absolute atomic E-state index is 0.801. The molecular formula is C19H22N2S. The molecule has 2 aromatic rings. The summed E-state index contributed by atoms with van der Waals surface area (Å²) >= 11 is 5.71. The Morgan fingerprint density at radius 3 is 2.09 bits per heavy atom. The quantitative estimate of drug-likeness (QED) is 0.659. The predicted octanol–water partition coefficient (Wildman–Crippen LogP) is 4.60. The van der Waals surface area contributed by atoms with Crippen LogP contribution in [0.1, 0.15) is 30.9 Å². The van der Waals surface area contributed by atoms with Crippen LogP contribution in [0.2, 0.25) is 0 Å². The van der Waals surface area contributed by atoms with Crippen molar-refractivity contribution in [3.63, 3.8) is 0 Å². The van der Waals surface area contributed by atoms with Gasteiger partial charge < -0.3 is 5.32 Å². The van der Waals surface area contributed by atoms with Gasteiger partial charge in [-0.1, -0.05) is 49.7 Å². The molecular weight excluding hydrogens is 288 g/mol. The molecule has 0 amide bonds. The van der Waals surface area contributed by atoms with Crippen molar-refractivity contribution in [2.24, 2.45) is 0 Å². The van der Waals surface area contributed by atoms with Crippen LogP contribution in [0.5, 0.6) is 0 Å². The molecule has 3 rings (SSSR count). The van der Waals surface area contributed by atoms with Crippen molar-refractivity contribution in [1.82, 2.24) is 5.32 Å². The second-order valence-electron chi connectivity index (χ2n) is 5.68. The number of nitrogens with one attached hydrogen (secondary N) is 1. The highest BCUT2D eigenvalue weighted by atomic mass is 32.1. The van der Waals surface area contributed by atoms with Gasteiger partial charge >= 0.3 is 0 Å². The third-order valence-corrected chi connectivity index (χ3v) is 4.47. The van der Waals surface area contributed by atoms with Crippen LogP contribution in [-0.4, -0.2) is 11.7 Å².